The van der Waals surface area contributed by atoms with Crippen LogP contribution in [-0.4, -0.2) is 73.4 Å². The number of unbranched alkanes of at least 4 members (excludes halogenated alkanes) is 33. The molecule has 378 valence electrons. The molecule has 0 radical (unpaired) electrons. The van der Waals surface area contributed by atoms with E-state index >= 15 is 0 Å². The first-order valence-electron chi connectivity index (χ1n) is 27.4. The second-order valence-corrected chi connectivity index (χ2v) is 21.4. The molecule has 1 amide bonds. The van der Waals surface area contributed by atoms with Gasteiger partial charge in [0.2, 0.25) is 5.91 Å². The first-order chi connectivity index (χ1) is 31.0. The highest BCUT2D eigenvalue weighted by Crippen LogP contribution is 2.43. The van der Waals surface area contributed by atoms with E-state index in [4.69, 9.17) is 9.05 Å². The van der Waals surface area contributed by atoms with E-state index < -0.39 is 20.0 Å². The van der Waals surface area contributed by atoms with Gasteiger partial charge in [0.1, 0.15) is 13.2 Å². The Balaban J connectivity index is 4.06. The molecule has 3 N–H and O–H groups in total. The number of nitrogens with one attached hydrogen (secondary N) is 1. The first kappa shape index (κ1) is 62.7. The fourth-order valence-electron chi connectivity index (χ4n) is 7.99. The topological polar surface area (TPSA) is 105 Å². The van der Waals surface area contributed by atoms with Gasteiger partial charge in [-0.2, -0.15) is 0 Å². The summed E-state index contributed by atoms with van der Waals surface area (Å²) in [7, 11) is 1.56. The number of aliphatic hydroxyl groups excluding tert-OH is 1. The number of hydrogen-bond donors (Lipinski definition) is 3. The highest BCUT2D eigenvalue weighted by Gasteiger charge is 2.27. The summed E-state index contributed by atoms with van der Waals surface area (Å²) >= 11 is 0. The number of phosphoric acid groups is 1. The predicted octanol–water partition coefficient (Wildman–Crippen LogP) is 16.2. The monoisotopic (exact) mass is 924 g/mol. The Kier molecular flexibility index (Phi) is 45.9. The number of carbonyl (C=O) groups is 1. The molecule has 64 heavy (non-hydrogen) atoms. The summed E-state index contributed by atoms with van der Waals surface area (Å²) in [5.74, 6) is -0.186. The smallest absolute Gasteiger partial charge is 0.387 e. The summed E-state index contributed by atoms with van der Waals surface area (Å²) in [6.45, 7) is 4.79. The number of rotatable bonds is 50. The minimum Gasteiger partial charge on any atom is -0.387 e. The van der Waals surface area contributed by atoms with Gasteiger partial charge in [0.25, 0.3) is 0 Å². The number of aliphatic hydroxyl groups is 1. The Labute approximate surface area is 397 Å². The van der Waals surface area contributed by atoms with Crippen molar-refractivity contribution in [3.63, 3.8) is 0 Å². The molecule has 3 unspecified atom stereocenters. The van der Waals surface area contributed by atoms with Crippen molar-refractivity contribution in [2.75, 3.05) is 40.9 Å². The summed E-state index contributed by atoms with van der Waals surface area (Å²) in [5.41, 5.74) is 0. The van der Waals surface area contributed by atoms with Gasteiger partial charge < -0.3 is 19.8 Å². The van der Waals surface area contributed by atoms with Crippen molar-refractivity contribution in [3.8, 4) is 0 Å². The summed E-state index contributed by atoms with van der Waals surface area (Å²) in [5, 5.41) is 13.8. The van der Waals surface area contributed by atoms with Crippen LogP contribution in [0.4, 0.5) is 0 Å². The van der Waals surface area contributed by atoms with Gasteiger partial charge >= 0.3 is 7.82 Å². The summed E-state index contributed by atoms with van der Waals surface area (Å²) < 4.78 is 23.6. The van der Waals surface area contributed by atoms with Crippen LogP contribution >= 0.6 is 7.82 Å². The number of likely N-dealkylation sites (N-methyl/N-ethyl adjacent to an activating group) is 1. The van der Waals surface area contributed by atoms with E-state index in [1.165, 1.54) is 199 Å². The largest absolute Gasteiger partial charge is 0.472 e. The molecule has 0 aromatic rings. The summed E-state index contributed by atoms with van der Waals surface area (Å²) in [6, 6.07) is -0.861. The second-order valence-electron chi connectivity index (χ2n) is 19.9. The van der Waals surface area contributed by atoms with E-state index in [0.29, 0.717) is 17.4 Å². The Morgan fingerprint density at radius 1 is 0.516 bits per heavy atom. The van der Waals surface area contributed by atoms with E-state index in [0.717, 1.165) is 38.5 Å². The van der Waals surface area contributed by atoms with Crippen molar-refractivity contribution in [1.82, 2.24) is 5.32 Å². The van der Waals surface area contributed by atoms with E-state index in [9.17, 15) is 19.4 Å². The molecule has 0 saturated carbocycles. The van der Waals surface area contributed by atoms with Crippen LogP contribution in [0.2, 0.25) is 0 Å². The highest BCUT2D eigenvalue weighted by molar-refractivity contribution is 7.47. The predicted molar refractivity (Wildman–Crippen MR) is 277 cm³/mol. The van der Waals surface area contributed by atoms with Crippen LogP contribution in [0.25, 0.3) is 0 Å². The molecule has 0 saturated heterocycles. The molecule has 0 aromatic carbocycles. The lowest BCUT2D eigenvalue weighted by Crippen LogP contribution is -2.45. The molecule has 3 atom stereocenters. The van der Waals surface area contributed by atoms with Crippen molar-refractivity contribution >= 4 is 13.7 Å². The Morgan fingerprint density at radius 2 is 0.859 bits per heavy atom. The van der Waals surface area contributed by atoms with Crippen LogP contribution in [0.15, 0.2) is 36.5 Å². The number of amides is 1. The minimum absolute atomic E-state index is 0.0568. The zero-order valence-electron chi connectivity index (χ0n) is 43.0. The molecular formula is C55H108N2O6P+. The number of hydrogen-bond acceptors (Lipinski definition) is 5. The van der Waals surface area contributed by atoms with Crippen LogP contribution in [0.3, 0.4) is 0 Å². The van der Waals surface area contributed by atoms with E-state index in [1.807, 2.05) is 27.2 Å². The molecule has 0 heterocycles. The van der Waals surface area contributed by atoms with Crippen molar-refractivity contribution < 1.29 is 32.9 Å². The van der Waals surface area contributed by atoms with Crippen molar-refractivity contribution in [1.29, 1.82) is 0 Å². The van der Waals surface area contributed by atoms with Gasteiger partial charge in [-0.25, -0.2) is 4.57 Å². The third-order valence-electron chi connectivity index (χ3n) is 12.3. The van der Waals surface area contributed by atoms with Crippen LogP contribution in [0, 0.1) is 0 Å². The molecule has 0 bridgehead atoms. The molecular weight excluding hydrogens is 816 g/mol. The number of quaternary nitrogens is 1. The third-order valence-corrected chi connectivity index (χ3v) is 13.3. The lowest BCUT2D eigenvalue weighted by molar-refractivity contribution is -0.870. The van der Waals surface area contributed by atoms with Crippen molar-refractivity contribution in [2.24, 2.45) is 0 Å². The van der Waals surface area contributed by atoms with Gasteiger partial charge in [0.15, 0.2) is 0 Å². The summed E-state index contributed by atoms with van der Waals surface area (Å²) in [6.07, 6.45) is 59.7. The average Bonchev–Trinajstić information content (AvgIpc) is 3.25. The Hall–Kier alpha value is -1.28. The maximum absolute atomic E-state index is 12.9. The number of nitrogens with zero attached hydrogens (tertiary/aromatic N) is 1. The number of carbonyl (C=O) groups excluding carboxylic acids is 1. The lowest BCUT2D eigenvalue weighted by atomic mass is 10.0. The molecule has 0 aliphatic heterocycles. The molecule has 0 spiro atoms. The van der Waals surface area contributed by atoms with Gasteiger partial charge in [0, 0.05) is 6.42 Å². The minimum atomic E-state index is -4.35. The quantitative estimate of drug-likeness (QED) is 0.0243. The van der Waals surface area contributed by atoms with Gasteiger partial charge in [-0.15, -0.1) is 0 Å². The molecule has 0 aromatic heterocycles. The maximum atomic E-state index is 12.9. The van der Waals surface area contributed by atoms with Crippen LogP contribution < -0.4 is 5.32 Å². The maximum Gasteiger partial charge on any atom is 0.472 e. The van der Waals surface area contributed by atoms with E-state index in [1.54, 1.807) is 6.08 Å². The second kappa shape index (κ2) is 46.8. The lowest BCUT2D eigenvalue weighted by Gasteiger charge is -2.25. The zero-order valence-corrected chi connectivity index (χ0v) is 43.9. The van der Waals surface area contributed by atoms with Crippen LogP contribution in [0.5, 0.6) is 0 Å². The SMILES string of the molecule is CCCCCCCC/C=C/CC/C=C/C(O)C(COP(=O)(O)OCC[N+](C)(C)C)NC(=O)CCCCCCCCCCCCCCCC/C=C\CCCCCCCCCCCCCC. The molecule has 9 heteroatoms. The standard InChI is InChI=1S/C55H107N2O6P/c1-6-8-10-12-14-16-18-20-21-22-23-24-25-26-27-28-29-30-31-32-33-34-35-36-37-39-41-43-45-47-49-55(59)56-53(52-63-64(60,61)62-51-50-57(3,4)5)54(58)48-46-44-42-40-38-19-17-15-13-11-9-7-2/h26-27,38,40,46,48,53-54,58H,6-25,28-37,39,41-45,47,49-52H2,1-5H3,(H-,56,59,60,61)/p+1/b27-26-,40-38+,48-46+. The molecule has 0 aliphatic carbocycles. The van der Waals surface area contributed by atoms with Gasteiger partial charge in [-0.1, -0.05) is 230 Å². The van der Waals surface area contributed by atoms with Crippen molar-refractivity contribution in [2.45, 2.75) is 270 Å². The normalized spacial score (nSPS) is 14.3. The first-order valence-corrected chi connectivity index (χ1v) is 28.9. The average molecular weight is 924 g/mol. The Bertz CT molecular complexity index is 1140. The van der Waals surface area contributed by atoms with Crippen LogP contribution in [-0.2, 0) is 18.4 Å². The number of phosphoric ester groups is 1. The zero-order chi connectivity index (χ0) is 47.1. The molecule has 0 fully saturated rings. The van der Waals surface area contributed by atoms with Gasteiger partial charge in [0.05, 0.1) is 39.9 Å². The number of allylic oxidation sites excluding steroid dienone is 5. The Morgan fingerprint density at radius 3 is 1.25 bits per heavy atom. The highest BCUT2D eigenvalue weighted by atomic mass is 31.2. The molecule has 8 nitrogen and oxygen atoms in total. The van der Waals surface area contributed by atoms with E-state index in [2.05, 4.69) is 43.5 Å². The fraction of sp³-hybridized carbons (Fsp3) is 0.873. The van der Waals surface area contributed by atoms with Gasteiger partial charge in [-0.05, 0) is 57.8 Å². The van der Waals surface area contributed by atoms with Gasteiger partial charge in [-0.3, -0.25) is 13.8 Å². The van der Waals surface area contributed by atoms with Crippen LogP contribution in [0.1, 0.15) is 258 Å². The third kappa shape index (κ3) is 48.6. The molecule has 0 aliphatic rings. The van der Waals surface area contributed by atoms with Crippen molar-refractivity contribution in [3.05, 3.63) is 36.5 Å². The fourth-order valence-corrected chi connectivity index (χ4v) is 8.73. The van der Waals surface area contributed by atoms with E-state index in [-0.39, 0.29) is 19.1 Å². The summed E-state index contributed by atoms with van der Waals surface area (Å²) in [4.78, 5) is 23.2. The molecule has 0 rings (SSSR count).